The number of rotatable bonds is 4. The molecule has 2 N–H and O–H groups in total. The van der Waals surface area contributed by atoms with E-state index >= 15 is 0 Å². The molecule has 0 bridgehead atoms. The second-order valence-electron chi connectivity index (χ2n) is 3.42. The van der Waals surface area contributed by atoms with Gasteiger partial charge in [0.2, 0.25) is 5.91 Å². The van der Waals surface area contributed by atoms with Crippen LogP contribution in [-0.2, 0) is 9.53 Å². The molecule has 1 amide bonds. The summed E-state index contributed by atoms with van der Waals surface area (Å²) in [7, 11) is 0. The Kier molecular flexibility index (Phi) is 4.86. The summed E-state index contributed by atoms with van der Waals surface area (Å²) >= 11 is 0. The molecule has 82 valence electrons. The molecule has 5 nitrogen and oxygen atoms in total. The van der Waals surface area contributed by atoms with E-state index in [1.54, 1.807) is 0 Å². The molecule has 0 aromatic rings. The molecule has 0 aromatic heterocycles. The van der Waals surface area contributed by atoms with Crippen LogP contribution in [0.5, 0.6) is 0 Å². The first-order chi connectivity index (χ1) is 6.70. The lowest BCUT2D eigenvalue weighted by molar-refractivity contribution is -0.128. The van der Waals surface area contributed by atoms with Gasteiger partial charge in [-0.15, -0.1) is 0 Å². The summed E-state index contributed by atoms with van der Waals surface area (Å²) < 4.78 is 5.20. The Bertz CT molecular complexity index is 179. The zero-order valence-corrected chi connectivity index (χ0v) is 8.53. The van der Waals surface area contributed by atoms with Gasteiger partial charge in [-0.3, -0.25) is 9.69 Å². The maximum Gasteiger partial charge on any atom is 0.248 e. The highest BCUT2D eigenvalue weighted by molar-refractivity contribution is 5.79. The molecular weight excluding hydrogens is 184 g/mol. The molecule has 0 aromatic carbocycles. The number of hydrogen-bond donors (Lipinski definition) is 2. The van der Waals surface area contributed by atoms with Crippen LogP contribution in [0.4, 0.5) is 0 Å². The summed E-state index contributed by atoms with van der Waals surface area (Å²) in [5.41, 5.74) is 0. The third kappa shape index (κ3) is 4.04. The first kappa shape index (κ1) is 11.4. The van der Waals surface area contributed by atoms with E-state index in [1.165, 1.54) is 6.92 Å². The molecule has 1 atom stereocenters. The molecule has 0 aliphatic carbocycles. The molecule has 1 saturated heterocycles. The summed E-state index contributed by atoms with van der Waals surface area (Å²) in [6, 6.07) is 0. The van der Waals surface area contributed by atoms with Gasteiger partial charge in [0.1, 0.15) is 6.10 Å². The number of nitrogens with zero attached hydrogens (tertiary/aromatic N) is 1. The summed E-state index contributed by atoms with van der Waals surface area (Å²) in [6.45, 7) is 6.25. The minimum atomic E-state index is -0.917. The van der Waals surface area contributed by atoms with Gasteiger partial charge in [0.05, 0.1) is 13.2 Å². The molecule has 5 heteroatoms. The van der Waals surface area contributed by atoms with Crippen molar-refractivity contribution in [2.24, 2.45) is 0 Å². The predicted molar refractivity (Wildman–Crippen MR) is 51.9 cm³/mol. The highest BCUT2D eigenvalue weighted by atomic mass is 16.5. The Balaban J connectivity index is 2.05. The van der Waals surface area contributed by atoms with E-state index in [0.29, 0.717) is 6.54 Å². The number of nitrogens with one attached hydrogen (secondary N) is 1. The Hall–Kier alpha value is -0.650. The van der Waals surface area contributed by atoms with Gasteiger partial charge in [0.15, 0.2) is 0 Å². The largest absolute Gasteiger partial charge is 0.384 e. The van der Waals surface area contributed by atoms with Gasteiger partial charge in [-0.2, -0.15) is 0 Å². The van der Waals surface area contributed by atoms with E-state index in [4.69, 9.17) is 9.84 Å². The van der Waals surface area contributed by atoms with E-state index in [1.807, 2.05) is 0 Å². The van der Waals surface area contributed by atoms with Crippen molar-refractivity contribution in [3.63, 3.8) is 0 Å². The molecule has 14 heavy (non-hydrogen) atoms. The number of aliphatic hydroxyl groups is 1. The maximum atomic E-state index is 11.0. The third-order valence-corrected chi connectivity index (χ3v) is 2.21. The molecular formula is C9H18N2O3. The van der Waals surface area contributed by atoms with E-state index in [0.717, 1.165) is 32.8 Å². The van der Waals surface area contributed by atoms with Gasteiger partial charge >= 0.3 is 0 Å². The highest BCUT2D eigenvalue weighted by Crippen LogP contribution is 1.94. The van der Waals surface area contributed by atoms with E-state index < -0.39 is 6.10 Å². The van der Waals surface area contributed by atoms with Crippen molar-refractivity contribution in [2.75, 3.05) is 39.4 Å². The fourth-order valence-electron chi connectivity index (χ4n) is 1.31. The number of ether oxygens (including phenoxy) is 1. The summed E-state index contributed by atoms with van der Waals surface area (Å²) in [4.78, 5) is 13.2. The predicted octanol–water partition coefficient (Wildman–Crippen LogP) is -1.18. The number of hydrogen-bond acceptors (Lipinski definition) is 4. The van der Waals surface area contributed by atoms with Crippen molar-refractivity contribution < 1.29 is 14.6 Å². The van der Waals surface area contributed by atoms with Gasteiger partial charge in [-0.05, 0) is 6.92 Å². The molecule has 0 radical (unpaired) electrons. The Morgan fingerprint density at radius 3 is 2.79 bits per heavy atom. The number of aliphatic hydroxyl groups excluding tert-OH is 1. The second kappa shape index (κ2) is 5.95. The summed E-state index contributed by atoms with van der Waals surface area (Å²) in [5, 5.41) is 11.6. The van der Waals surface area contributed by atoms with E-state index in [9.17, 15) is 4.79 Å². The summed E-state index contributed by atoms with van der Waals surface area (Å²) in [5.74, 6) is -0.307. The van der Waals surface area contributed by atoms with Crippen LogP contribution in [0.2, 0.25) is 0 Å². The first-order valence-electron chi connectivity index (χ1n) is 4.96. The molecule has 1 unspecified atom stereocenters. The number of carbonyl (C=O) groups is 1. The van der Waals surface area contributed by atoms with Crippen LogP contribution >= 0.6 is 0 Å². The van der Waals surface area contributed by atoms with Gasteiger partial charge in [0, 0.05) is 26.2 Å². The maximum absolute atomic E-state index is 11.0. The average molecular weight is 202 g/mol. The third-order valence-electron chi connectivity index (χ3n) is 2.21. The van der Waals surface area contributed by atoms with Crippen molar-refractivity contribution in [1.29, 1.82) is 0 Å². The Morgan fingerprint density at radius 2 is 2.21 bits per heavy atom. The molecule has 1 fully saturated rings. The van der Waals surface area contributed by atoms with Gasteiger partial charge in [0.25, 0.3) is 0 Å². The lowest BCUT2D eigenvalue weighted by Gasteiger charge is -2.26. The van der Waals surface area contributed by atoms with Crippen molar-refractivity contribution >= 4 is 5.91 Å². The Labute approximate surface area is 84.0 Å². The van der Waals surface area contributed by atoms with Crippen LogP contribution in [0, 0.1) is 0 Å². The normalized spacial score (nSPS) is 20.4. The lowest BCUT2D eigenvalue weighted by atomic mass is 10.3. The monoisotopic (exact) mass is 202 g/mol. The topological polar surface area (TPSA) is 61.8 Å². The number of carbonyl (C=O) groups excluding carboxylic acids is 1. The first-order valence-corrected chi connectivity index (χ1v) is 4.96. The highest BCUT2D eigenvalue weighted by Gasteiger charge is 2.11. The van der Waals surface area contributed by atoms with E-state index in [2.05, 4.69) is 10.2 Å². The number of amides is 1. The fraction of sp³-hybridized carbons (Fsp3) is 0.889. The zero-order valence-electron chi connectivity index (χ0n) is 8.53. The zero-order chi connectivity index (χ0) is 10.4. The minimum Gasteiger partial charge on any atom is -0.384 e. The van der Waals surface area contributed by atoms with Crippen LogP contribution in [0.15, 0.2) is 0 Å². The minimum absolute atomic E-state index is 0.307. The van der Waals surface area contributed by atoms with Crippen molar-refractivity contribution in [3.05, 3.63) is 0 Å². The van der Waals surface area contributed by atoms with E-state index in [-0.39, 0.29) is 5.91 Å². The van der Waals surface area contributed by atoms with Crippen LogP contribution in [0.25, 0.3) is 0 Å². The molecule has 1 aliphatic rings. The smallest absolute Gasteiger partial charge is 0.248 e. The summed E-state index contributed by atoms with van der Waals surface area (Å²) in [6.07, 6.45) is -0.917. The fourth-order valence-corrected chi connectivity index (χ4v) is 1.31. The van der Waals surface area contributed by atoms with Crippen molar-refractivity contribution in [1.82, 2.24) is 10.2 Å². The van der Waals surface area contributed by atoms with Gasteiger partial charge in [-0.1, -0.05) is 0 Å². The molecule has 1 aliphatic heterocycles. The SMILES string of the molecule is CC(O)C(=O)NCCN1CCOCC1. The van der Waals surface area contributed by atoms with Crippen molar-refractivity contribution in [2.45, 2.75) is 13.0 Å². The average Bonchev–Trinajstić information content (AvgIpc) is 2.19. The van der Waals surface area contributed by atoms with Crippen LogP contribution in [0.1, 0.15) is 6.92 Å². The van der Waals surface area contributed by atoms with Crippen LogP contribution in [0.3, 0.4) is 0 Å². The Morgan fingerprint density at radius 1 is 1.57 bits per heavy atom. The van der Waals surface area contributed by atoms with Crippen molar-refractivity contribution in [3.8, 4) is 0 Å². The lowest BCUT2D eigenvalue weighted by Crippen LogP contribution is -2.42. The number of morpholine rings is 1. The van der Waals surface area contributed by atoms with Crippen LogP contribution < -0.4 is 5.32 Å². The molecule has 0 saturated carbocycles. The van der Waals surface area contributed by atoms with Crippen LogP contribution in [-0.4, -0.2) is 61.4 Å². The standard InChI is InChI=1S/C9H18N2O3/c1-8(12)9(13)10-2-3-11-4-6-14-7-5-11/h8,12H,2-7H2,1H3,(H,10,13). The molecule has 1 heterocycles. The quantitative estimate of drug-likeness (QED) is 0.602. The van der Waals surface area contributed by atoms with Gasteiger partial charge in [-0.25, -0.2) is 0 Å². The molecule has 1 rings (SSSR count). The second-order valence-corrected chi connectivity index (χ2v) is 3.42. The molecule has 0 spiro atoms. The van der Waals surface area contributed by atoms with Gasteiger partial charge < -0.3 is 15.2 Å².